The summed E-state index contributed by atoms with van der Waals surface area (Å²) in [6, 6.07) is 13.6. The van der Waals surface area contributed by atoms with E-state index in [2.05, 4.69) is 16.7 Å². The van der Waals surface area contributed by atoms with Crippen molar-refractivity contribution in [3.8, 4) is 11.5 Å². The van der Waals surface area contributed by atoms with Crippen LogP contribution in [0.3, 0.4) is 0 Å². The van der Waals surface area contributed by atoms with Crippen LogP contribution in [0.5, 0.6) is 11.5 Å². The Morgan fingerprint density at radius 1 is 1.08 bits per heavy atom. The third-order valence-corrected chi connectivity index (χ3v) is 4.23. The number of carbonyl (C=O) groups is 1. The Labute approximate surface area is 148 Å². The predicted molar refractivity (Wildman–Crippen MR) is 97.0 cm³/mol. The molecule has 2 amide bonds. The standard InChI is InChI=1S/C20H24N2O3/c1-14-5-4-6-15(11-14)13-21-19(23)22-20(2,3)16-7-8-17-18(12-16)25-10-9-24-17/h4-8,11-12H,9-10,13H2,1-3H3,(H2,21,22,23). The summed E-state index contributed by atoms with van der Waals surface area (Å²) >= 11 is 0. The number of rotatable bonds is 4. The molecule has 1 aliphatic heterocycles. The van der Waals surface area contributed by atoms with Gasteiger partial charge in [0.05, 0.1) is 5.54 Å². The summed E-state index contributed by atoms with van der Waals surface area (Å²) in [4.78, 5) is 12.3. The molecule has 2 aromatic rings. The van der Waals surface area contributed by atoms with E-state index >= 15 is 0 Å². The highest BCUT2D eigenvalue weighted by molar-refractivity contribution is 5.75. The molecule has 0 spiro atoms. The number of amides is 2. The number of nitrogens with one attached hydrogen (secondary N) is 2. The Kier molecular flexibility index (Phi) is 4.83. The Balaban J connectivity index is 1.63. The maximum absolute atomic E-state index is 12.3. The summed E-state index contributed by atoms with van der Waals surface area (Å²) < 4.78 is 11.2. The van der Waals surface area contributed by atoms with Crippen LogP contribution in [0.25, 0.3) is 0 Å². The highest BCUT2D eigenvalue weighted by atomic mass is 16.6. The van der Waals surface area contributed by atoms with E-state index in [4.69, 9.17) is 9.47 Å². The highest BCUT2D eigenvalue weighted by Gasteiger charge is 2.25. The monoisotopic (exact) mass is 340 g/mol. The van der Waals surface area contributed by atoms with Crippen LogP contribution in [-0.2, 0) is 12.1 Å². The van der Waals surface area contributed by atoms with Crippen molar-refractivity contribution in [2.24, 2.45) is 0 Å². The first-order valence-electron chi connectivity index (χ1n) is 8.46. The van der Waals surface area contributed by atoms with Gasteiger partial charge in [-0.05, 0) is 44.0 Å². The van der Waals surface area contributed by atoms with Crippen molar-refractivity contribution in [2.45, 2.75) is 32.9 Å². The largest absolute Gasteiger partial charge is 0.486 e. The van der Waals surface area contributed by atoms with Crippen molar-refractivity contribution >= 4 is 6.03 Å². The number of hydrogen-bond donors (Lipinski definition) is 2. The molecular weight excluding hydrogens is 316 g/mol. The van der Waals surface area contributed by atoms with Crippen LogP contribution in [0.15, 0.2) is 42.5 Å². The van der Waals surface area contributed by atoms with Gasteiger partial charge in [-0.15, -0.1) is 0 Å². The van der Waals surface area contributed by atoms with Gasteiger partial charge < -0.3 is 20.1 Å². The van der Waals surface area contributed by atoms with E-state index < -0.39 is 5.54 Å². The quantitative estimate of drug-likeness (QED) is 0.895. The van der Waals surface area contributed by atoms with Gasteiger partial charge in [-0.3, -0.25) is 0 Å². The molecule has 0 aliphatic carbocycles. The molecule has 1 heterocycles. The van der Waals surface area contributed by atoms with Gasteiger partial charge in [0.1, 0.15) is 13.2 Å². The number of benzene rings is 2. The number of aryl methyl sites for hydroxylation is 1. The first kappa shape index (κ1) is 17.1. The smallest absolute Gasteiger partial charge is 0.315 e. The van der Waals surface area contributed by atoms with Crippen molar-refractivity contribution in [1.29, 1.82) is 0 Å². The van der Waals surface area contributed by atoms with Crippen LogP contribution in [0.4, 0.5) is 4.79 Å². The van der Waals surface area contributed by atoms with Crippen LogP contribution >= 0.6 is 0 Å². The van der Waals surface area contributed by atoms with Crippen molar-refractivity contribution < 1.29 is 14.3 Å². The van der Waals surface area contributed by atoms with E-state index in [0.717, 1.165) is 22.6 Å². The third-order valence-electron chi connectivity index (χ3n) is 4.23. The topological polar surface area (TPSA) is 59.6 Å². The van der Waals surface area contributed by atoms with E-state index in [1.165, 1.54) is 5.56 Å². The lowest BCUT2D eigenvalue weighted by atomic mass is 9.94. The number of hydrogen-bond acceptors (Lipinski definition) is 3. The summed E-state index contributed by atoms with van der Waals surface area (Å²) in [5, 5.41) is 5.93. The first-order valence-corrected chi connectivity index (χ1v) is 8.46. The second-order valence-electron chi connectivity index (χ2n) is 6.78. The second-order valence-corrected chi connectivity index (χ2v) is 6.78. The van der Waals surface area contributed by atoms with E-state index in [-0.39, 0.29) is 6.03 Å². The van der Waals surface area contributed by atoms with Crippen molar-refractivity contribution in [2.75, 3.05) is 13.2 Å². The Morgan fingerprint density at radius 2 is 1.84 bits per heavy atom. The highest BCUT2D eigenvalue weighted by Crippen LogP contribution is 2.34. The average molecular weight is 340 g/mol. The van der Waals surface area contributed by atoms with Gasteiger partial charge >= 0.3 is 6.03 Å². The van der Waals surface area contributed by atoms with Crippen LogP contribution in [0, 0.1) is 6.92 Å². The molecule has 0 saturated heterocycles. The van der Waals surface area contributed by atoms with E-state index in [1.807, 2.05) is 57.2 Å². The molecule has 1 aliphatic rings. The minimum atomic E-state index is -0.535. The van der Waals surface area contributed by atoms with Gasteiger partial charge in [0.2, 0.25) is 0 Å². The fraction of sp³-hybridized carbons (Fsp3) is 0.350. The minimum Gasteiger partial charge on any atom is -0.486 e. The second kappa shape index (κ2) is 7.05. The van der Waals surface area contributed by atoms with Gasteiger partial charge in [0.25, 0.3) is 0 Å². The molecule has 0 bridgehead atoms. The summed E-state index contributed by atoms with van der Waals surface area (Å²) in [5.41, 5.74) is 2.68. The number of fused-ring (bicyclic) bond motifs is 1. The van der Waals surface area contributed by atoms with Crippen molar-refractivity contribution in [3.63, 3.8) is 0 Å². The summed E-state index contributed by atoms with van der Waals surface area (Å²) in [6.45, 7) is 7.56. The Morgan fingerprint density at radius 3 is 2.60 bits per heavy atom. The molecule has 0 unspecified atom stereocenters. The van der Waals surface area contributed by atoms with E-state index in [1.54, 1.807) is 0 Å². The Hall–Kier alpha value is -2.69. The lowest BCUT2D eigenvalue weighted by molar-refractivity contribution is 0.171. The van der Waals surface area contributed by atoms with Crippen LogP contribution in [-0.4, -0.2) is 19.2 Å². The lowest BCUT2D eigenvalue weighted by Gasteiger charge is -2.28. The van der Waals surface area contributed by atoms with Crippen molar-refractivity contribution in [3.05, 3.63) is 59.2 Å². The molecule has 0 atom stereocenters. The number of urea groups is 1. The molecule has 0 fully saturated rings. The lowest BCUT2D eigenvalue weighted by Crippen LogP contribution is -2.46. The molecule has 0 aromatic heterocycles. The molecule has 2 aromatic carbocycles. The zero-order chi connectivity index (χ0) is 17.9. The molecule has 0 saturated carbocycles. The molecule has 132 valence electrons. The van der Waals surface area contributed by atoms with Gasteiger partial charge in [0.15, 0.2) is 11.5 Å². The van der Waals surface area contributed by atoms with Crippen molar-refractivity contribution in [1.82, 2.24) is 10.6 Å². The fourth-order valence-electron chi connectivity index (χ4n) is 2.84. The van der Waals surface area contributed by atoms with E-state index in [0.29, 0.717) is 19.8 Å². The van der Waals surface area contributed by atoms with Crippen LogP contribution in [0.2, 0.25) is 0 Å². The molecular formula is C20H24N2O3. The van der Waals surface area contributed by atoms with Gasteiger partial charge in [-0.2, -0.15) is 0 Å². The minimum absolute atomic E-state index is 0.207. The maximum Gasteiger partial charge on any atom is 0.315 e. The first-order chi connectivity index (χ1) is 11.9. The fourth-order valence-corrected chi connectivity index (χ4v) is 2.84. The molecule has 2 N–H and O–H groups in total. The van der Waals surface area contributed by atoms with Gasteiger partial charge in [0, 0.05) is 6.54 Å². The SMILES string of the molecule is Cc1cccc(CNC(=O)NC(C)(C)c2ccc3c(c2)OCCO3)c1. The zero-order valence-corrected chi connectivity index (χ0v) is 14.9. The predicted octanol–water partition coefficient (Wildman–Crippen LogP) is 3.50. The summed E-state index contributed by atoms with van der Waals surface area (Å²) in [6.07, 6.45) is 0. The normalized spacial score (nSPS) is 13.2. The molecule has 5 nitrogen and oxygen atoms in total. The zero-order valence-electron chi connectivity index (χ0n) is 14.9. The average Bonchev–Trinajstić information content (AvgIpc) is 2.59. The molecule has 0 radical (unpaired) electrons. The van der Waals surface area contributed by atoms with Crippen LogP contribution in [0.1, 0.15) is 30.5 Å². The summed E-state index contributed by atoms with van der Waals surface area (Å²) in [7, 11) is 0. The Bertz CT molecular complexity index is 771. The van der Waals surface area contributed by atoms with E-state index in [9.17, 15) is 4.79 Å². The number of carbonyl (C=O) groups excluding carboxylic acids is 1. The number of ether oxygens (including phenoxy) is 2. The van der Waals surface area contributed by atoms with Gasteiger partial charge in [-0.1, -0.05) is 35.9 Å². The third kappa shape index (κ3) is 4.24. The maximum atomic E-state index is 12.3. The van der Waals surface area contributed by atoms with Crippen LogP contribution < -0.4 is 20.1 Å². The molecule has 5 heteroatoms. The van der Waals surface area contributed by atoms with Gasteiger partial charge in [-0.25, -0.2) is 4.79 Å². The summed E-state index contributed by atoms with van der Waals surface area (Å²) in [5.74, 6) is 1.47. The molecule has 3 rings (SSSR count). The molecule has 25 heavy (non-hydrogen) atoms.